The zero-order valence-electron chi connectivity index (χ0n) is 43.5. The summed E-state index contributed by atoms with van der Waals surface area (Å²) in [5, 5.41) is 3.25. The summed E-state index contributed by atoms with van der Waals surface area (Å²) < 4.78 is 148. The zero-order chi connectivity index (χ0) is 49.5. The fraction of sp³-hybridized carbons (Fsp3) is 0. The molecule has 0 atom stereocenters. The van der Waals surface area contributed by atoms with E-state index in [2.05, 4.69) is 15.0 Å². The Kier molecular flexibility index (Phi) is 4.35. The number of nitrogens with zero attached hydrogens (tertiary/aromatic N) is 4. The van der Waals surface area contributed by atoms with Crippen molar-refractivity contribution in [2.45, 2.75) is 0 Å². The summed E-state index contributed by atoms with van der Waals surface area (Å²) in [6.07, 6.45) is 0. The third-order valence-corrected chi connectivity index (χ3v) is 11.7. The molecule has 252 valence electrons. The van der Waals surface area contributed by atoms with Crippen LogP contribution in [0, 0.1) is 0 Å². The van der Waals surface area contributed by atoms with E-state index < -0.39 is 134 Å². The summed E-state index contributed by atoms with van der Waals surface area (Å²) in [4.78, 5) is 18.2. The second-order valence-electron chi connectivity index (χ2n) is 12.2. The minimum atomic E-state index is -1.05. The molecule has 3 aromatic heterocycles. The van der Waals surface area contributed by atoms with Gasteiger partial charge in [0, 0.05) is 0 Å². The first-order chi connectivity index (χ1) is 33.4. The molecule has 8 aromatic carbocycles. The first-order valence-corrected chi connectivity index (χ1v) is 18.3. The summed E-state index contributed by atoms with van der Waals surface area (Å²) in [7, 11) is 0. The number of aromatic nitrogens is 4. The average molecular weight is 772 g/mol. The average Bonchev–Trinajstić information content (AvgIpc) is 3.98. The van der Waals surface area contributed by atoms with Gasteiger partial charge >= 0.3 is 333 Å². The van der Waals surface area contributed by atoms with Crippen LogP contribution in [0.25, 0.3) is 109 Å². The van der Waals surface area contributed by atoms with Gasteiger partial charge in [-0.05, 0) is 0 Å². The Bertz CT molecular complexity index is 4020. The van der Waals surface area contributed by atoms with Crippen LogP contribution in [-0.2, 0) is 0 Å². The molecule has 0 saturated heterocycles. The first-order valence-electron chi connectivity index (χ1n) is 24.6. The van der Waals surface area contributed by atoms with Crippen molar-refractivity contribution in [2.24, 2.45) is 0 Å². The molecule has 0 bridgehead atoms. The SMILES string of the molecule is [2H]c1c([2H])c([2H])c(-c2nc(-c3c([2H])c([2H])c([2H])c([2H])c3[2H])nc(-c3c([2H])c([2H])c([2H])c4c3[se]c3c(-c5ccc6ccc7ccc8nc(-c9ccccc9)oc8c7c6c5)c([2H])c([2H])c([2H])c34)n2)c([2H])c1[2H]. The first kappa shape index (κ1) is 18.9. The molecule has 0 aliphatic carbocycles. The third-order valence-electron chi connectivity index (χ3n) is 9.08. The second kappa shape index (κ2) is 12.5. The van der Waals surface area contributed by atoms with Crippen LogP contribution in [0.2, 0.25) is 0 Å². The molecule has 0 spiro atoms. The van der Waals surface area contributed by atoms with Gasteiger partial charge in [-0.3, -0.25) is 0 Å². The Balaban J connectivity index is 1.23. The third kappa shape index (κ3) is 5.07. The quantitative estimate of drug-likeness (QED) is 0.129. The predicted molar refractivity (Wildman–Crippen MR) is 222 cm³/mol. The van der Waals surface area contributed by atoms with E-state index in [1.54, 1.807) is 6.07 Å². The van der Waals surface area contributed by atoms with Gasteiger partial charge in [0.2, 0.25) is 0 Å². The molecule has 11 aromatic rings. The van der Waals surface area contributed by atoms with E-state index in [1.807, 2.05) is 66.7 Å². The van der Waals surface area contributed by atoms with Gasteiger partial charge in [-0.1, -0.05) is 6.07 Å². The molecule has 0 saturated carbocycles. The van der Waals surface area contributed by atoms with Crippen LogP contribution >= 0.6 is 0 Å². The molecule has 0 unspecified atom stereocenters. The molecule has 0 aliphatic rings. The molecule has 0 aliphatic heterocycles. The van der Waals surface area contributed by atoms with Gasteiger partial charge in [0.15, 0.2) is 0 Å². The van der Waals surface area contributed by atoms with Crippen molar-refractivity contribution < 1.29 is 26.3 Å². The molecule has 6 heteroatoms. The standard InChI is InChI=1S/C48H28N4OSe/c1-4-12-31(13-5-1)45-50-46(32-14-6-2-7-15-32)52-47(51-45)38-21-11-20-37-36-19-10-18-35(43(36)54-44(37)38)34-25-23-29-22-24-30-26-27-40-42(41(30)39(29)28-34)53-48(49-40)33-16-8-3-9-17-33/h1-28H/i1D,2D,4D,5D,6D,7D,10D,11D,12D,13D,14D,15D,18D,19D,20D,21D. The van der Waals surface area contributed by atoms with Crippen LogP contribution in [0.3, 0.4) is 0 Å². The molecule has 0 amide bonds. The maximum absolute atomic E-state index is 9.39. The van der Waals surface area contributed by atoms with Gasteiger partial charge in [-0.2, -0.15) is 0 Å². The van der Waals surface area contributed by atoms with E-state index in [9.17, 15) is 5.48 Å². The van der Waals surface area contributed by atoms with Crippen LogP contribution < -0.4 is 0 Å². The van der Waals surface area contributed by atoms with Crippen molar-refractivity contribution in [3.05, 3.63) is 169 Å². The van der Waals surface area contributed by atoms with E-state index in [0.29, 0.717) is 26.8 Å². The Hall–Kier alpha value is -6.72. The summed E-state index contributed by atoms with van der Waals surface area (Å²) in [6.45, 7) is 0. The van der Waals surface area contributed by atoms with Crippen molar-refractivity contribution in [2.75, 3.05) is 0 Å². The monoisotopic (exact) mass is 772 g/mol. The molecular weight excluding hydrogens is 728 g/mol. The fourth-order valence-electron chi connectivity index (χ4n) is 6.62. The molecule has 54 heavy (non-hydrogen) atoms. The van der Waals surface area contributed by atoms with Crippen molar-refractivity contribution in [1.29, 1.82) is 0 Å². The number of rotatable bonds is 5. The van der Waals surface area contributed by atoms with E-state index in [0.717, 1.165) is 27.1 Å². The van der Waals surface area contributed by atoms with E-state index >= 15 is 0 Å². The predicted octanol–water partition coefficient (Wildman–Crippen LogP) is 12.0. The Morgan fingerprint density at radius 1 is 0.463 bits per heavy atom. The number of benzene rings is 8. The van der Waals surface area contributed by atoms with Gasteiger partial charge in [0.25, 0.3) is 0 Å². The van der Waals surface area contributed by atoms with E-state index in [4.69, 9.17) is 25.9 Å². The number of hydrogen-bond donors (Lipinski definition) is 0. The van der Waals surface area contributed by atoms with Crippen LogP contribution in [0.5, 0.6) is 0 Å². The van der Waals surface area contributed by atoms with E-state index in [-0.39, 0.29) is 32.2 Å². The Morgan fingerprint density at radius 3 is 1.80 bits per heavy atom. The molecule has 5 nitrogen and oxygen atoms in total. The van der Waals surface area contributed by atoms with Crippen molar-refractivity contribution in [1.82, 2.24) is 19.9 Å². The van der Waals surface area contributed by atoms with Gasteiger partial charge in [0.1, 0.15) is 0 Å². The molecular formula is C48H28N4OSe. The van der Waals surface area contributed by atoms with Crippen LogP contribution in [0.4, 0.5) is 0 Å². The molecule has 11 rings (SSSR count). The Labute approximate surface area is 338 Å². The molecule has 0 fully saturated rings. The van der Waals surface area contributed by atoms with Gasteiger partial charge in [-0.25, -0.2) is 0 Å². The summed E-state index contributed by atoms with van der Waals surface area (Å²) in [5.74, 6) is -1.19. The summed E-state index contributed by atoms with van der Waals surface area (Å²) >= 11 is -1.05. The topological polar surface area (TPSA) is 64.7 Å². The van der Waals surface area contributed by atoms with Gasteiger partial charge in [0.05, 0.1) is 0 Å². The number of hydrogen-bond acceptors (Lipinski definition) is 5. The Morgan fingerprint density at radius 2 is 1.07 bits per heavy atom. The van der Waals surface area contributed by atoms with Crippen LogP contribution in [-0.4, -0.2) is 34.4 Å². The molecule has 0 N–H and O–H groups in total. The second-order valence-corrected chi connectivity index (χ2v) is 14.4. The number of oxazole rings is 1. The van der Waals surface area contributed by atoms with Crippen molar-refractivity contribution >= 4 is 66.4 Å². The number of fused-ring (bicyclic) bond motifs is 8. The maximum atomic E-state index is 9.39. The van der Waals surface area contributed by atoms with Gasteiger partial charge < -0.3 is 0 Å². The summed E-state index contributed by atoms with van der Waals surface area (Å²) in [6, 6.07) is 12.5. The fourth-order valence-corrected chi connectivity index (χ4v) is 9.20. The normalized spacial score (nSPS) is 15.9. The zero-order valence-corrected chi connectivity index (χ0v) is 29.2. The van der Waals surface area contributed by atoms with Gasteiger partial charge in [-0.15, -0.1) is 0 Å². The van der Waals surface area contributed by atoms with Crippen LogP contribution in [0.1, 0.15) is 21.9 Å². The minimum absolute atomic E-state index is 0.00271. The molecule has 3 heterocycles. The summed E-state index contributed by atoms with van der Waals surface area (Å²) in [5.41, 5.74) is 1.43. The van der Waals surface area contributed by atoms with Crippen molar-refractivity contribution in [3.63, 3.8) is 0 Å². The van der Waals surface area contributed by atoms with Crippen LogP contribution in [0.15, 0.2) is 174 Å². The van der Waals surface area contributed by atoms with Crippen molar-refractivity contribution in [3.8, 4) is 56.7 Å². The molecule has 0 radical (unpaired) electrons. The van der Waals surface area contributed by atoms with E-state index in [1.165, 1.54) is 0 Å².